The van der Waals surface area contributed by atoms with Gasteiger partial charge in [-0.15, -0.1) is 0 Å². The van der Waals surface area contributed by atoms with Crippen LogP contribution < -0.4 is 4.74 Å². The third kappa shape index (κ3) is 3.95. The number of esters is 1. The lowest BCUT2D eigenvalue weighted by atomic mass is 9.94. The molecule has 0 fully saturated rings. The van der Waals surface area contributed by atoms with Crippen LogP contribution >= 0.6 is 15.9 Å². The fraction of sp³-hybridized carbons (Fsp3) is 0.533. The minimum absolute atomic E-state index is 0.0144. The molecular weight excluding hydrogens is 343 g/mol. The Balaban J connectivity index is 3.37. The first kappa shape index (κ1) is 17.9. The van der Waals surface area contributed by atoms with Crippen LogP contribution in [0.4, 0.5) is 4.39 Å². The molecule has 0 spiro atoms. The molecule has 1 rings (SSSR count). The molecule has 6 heteroatoms. The minimum atomic E-state index is -0.811. The van der Waals surface area contributed by atoms with Crippen molar-refractivity contribution in [1.82, 2.24) is 0 Å². The molecule has 0 aromatic heterocycles. The average molecular weight is 363 g/mol. The summed E-state index contributed by atoms with van der Waals surface area (Å²) in [6.45, 7) is 5.58. The van der Waals surface area contributed by atoms with Gasteiger partial charge in [-0.1, -0.05) is 15.9 Å². The van der Waals surface area contributed by atoms with Crippen molar-refractivity contribution in [1.29, 1.82) is 0 Å². The fourth-order valence-corrected chi connectivity index (χ4v) is 2.30. The van der Waals surface area contributed by atoms with E-state index >= 15 is 0 Å². The molecule has 0 aliphatic rings. The van der Waals surface area contributed by atoms with Gasteiger partial charge in [0.1, 0.15) is 4.83 Å². The zero-order valence-electron chi connectivity index (χ0n) is 12.8. The van der Waals surface area contributed by atoms with Gasteiger partial charge >= 0.3 is 5.97 Å². The lowest BCUT2D eigenvalue weighted by Crippen LogP contribution is -2.21. The molecule has 4 nitrogen and oxygen atoms in total. The summed E-state index contributed by atoms with van der Waals surface area (Å²) in [5.41, 5.74) is 0.284. The molecule has 0 saturated carbocycles. The first-order chi connectivity index (χ1) is 9.78. The molecule has 0 N–H and O–H groups in total. The molecule has 1 unspecified atom stereocenters. The van der Waals surface area contributed by atoms with E-state index in [1.54, 1.807) is 20.1 Å². The van der Waals surface area contributed by atoms with Gasteiger partial charge in [0.15, 0.2) is 11.6 Å². The van der Waals surface area contributed by atoms with Crippen molar-refractivity contribution in [2.45, 2.75) is 31.2 Å². The van der Waals surface area contributed by atoms with Gasteiger partial charge in [0.2, 0.25) is 0 Å². The maximum absolute atomic E-state index is 14.2. The number of ether oxygens (including phenoxy) is 3. The van der Waals surface area contributed by atoms with Crippen LogP contribution in [0, 0.1) is 5.82 Å². The van der Waals surface area contributed by atoms with E-state index in [-0.39, 0.29) is 12.4 Å². The molecule has 0 saturated heterocycles. The van der Waals surface area contributed by atoms with Crippen molar-refractivity contribution < 1.29 is 23.4 Å². The number of halogens is 2. The van der Waals surface area contributed by atoms with E-state index in [9.17, 15) is 9.18 Å². The van der Waals surface area contributed by atoms with E-state index in [0.717, 1.165) is 0 Å². The molecule has 0 bridgehead atoms. The second-order valence-corrected chi connectivity index (χ2v) is 5.83. The average Bonchev–Trinajstić information content (AvgIpc) is 2.45. The van der Waals surface area contributed by atoms with Gasteiger partial charge < -0.3 is 14.2 Å². The van der Waals surface area contributed by atoms with Crippen molar-refractivity contribution in [3.63, 3.8) is 0 Å². The number of carbonyl (C=O) groups excluding carboxylic acids is 1. The molecule has 118 valence electrons. The van der Waals surface area contributed by atoms with Gasteiger partial charge in [0.05, 0.1) is 19.3 Å². The third-order valence-electron chi connectivity index (χ3n) is 3.25. The Morgan fingerprint density at radius 3 is 2.48 bits per heavy atom. The van der Waals surface area contributed by atoms with Gasteiger partial charge in [-0.2, -0.15) is 0 Å². The lowest BCUT2D eigenvalue weighted by Gasteiger charge is -2.25. The van der Waals surface area contributed by atoms with Crippen LogP contribution in [0.2, 0.25) is 0 Å². The highest BCUT2D eigenvalue weighted by molar-refractivity contribution is 9.09. The van der Waals surface area contributed by atoms with Gasteiger partial charge in [0.25, 0.3) is 0 Å². The summed E-state index contributed by atoms with van der Waals surface area (Å²) in [6.07, 6.45) is 0. The topological polar surface area (TPSA) is 44.8 Å². The van der Waals surface area contributed by atoms with E-state index in [2.05, 4.69) is 15.9 Å². The number of benzene rings is 1. The molecule has 1 aromatic rings. The molecule has 0 heterocycles. The largest absolute Gasteiger partial charge is 0.493 e. The monoisotopic (exact) mass is 362 g/mol. The fourth-order valence-electron chi connectivity index (χ4n) is 1.83. The van der Waals surface area contributed by atoms with Gasteiger partial charge in [0, 0.05) is 12.7 Å². The van der Waals surface area contributed by atoms with Crippen LogP contribution in [-0.2, 0) is 19.9 Å². The molecule has 0 radical (unpaired) electrons. The minimum Gasteiger partial charge on any atom is -0.493 e. The summed E-state index contributed by atoms with van der Waals surface area (Å²) in [6, 6.07) is 3.03. The molecule has 1 aromatic carbocycles. The third-order valence-corrected chi connectivity index (χ3v) is 4.12. The highest BCUT2D eigenvalue weighted by atomic mass is 79.9. The Labute approximate surface area is 132 Å². The number of alkyl halides is 1. The Kier molecular flexibility index (Phi) is 6.16. The van der Waals surface area contributed by atoms with Crippen LogP contribution in [0.15, 0.2) is 12.1 Å². The highest BCUT2D eigenvalue weighted by Gasteiger charge is 2.29. The summed E-state index contributed by atoms with van der Waals surface area (Å²) in [7, 11) is 2.90. The number of rotatable bonds is 6. The lowest BCUT2D eigenvalue weighted by molar-refractivity contribution is -0.142. The summed E-state index contributed by atoms with van der Waals surface area (Å²) in [4.78, 5) is 11.1. The van der Waals surface area contributed by atoms with E-state index in [0.29, 0.717) is 11.1 Å². The highest BCUT2D eigenvalue weighted by Crippen LogP contribution is 2.38. The van der Waals surface area contributed by atoms with Gasteiger partial charge in [-0.25, -0.2) is 4.39 Å². The van der Waals surface area contributed by atoms with Crippen molar-refractivity contribution in [3.05, 3.63) is 29.1 Å². The van der Waals surface area contributed by atoms with Crippen LogP contribution in [-0.4, -0.2) is 26.8 Å². The van der Waals surface area contributed by atoms with Crippen LogP contribution in [0.5, 0.6) is 5.75 Å². The van der Waals surface area contributed by atoms with Gasteiger partial charge in [-0.3, -0.25) is 4.79 Å². The maximum atomic E-state index is 14.2. The first-order valence-corrected chi connectivity index (χ1v) is 7.43. The van der Waals surface area contributed by atoms with E-state index in [4.69, 9.17) is 14.2 Å². The van der Waals surface area contributed by atoms with E-state index < -0.39 is 22.2 Å². The number of methoxy groups -OCH3 is 2. The Morgan fingerprint density at radius 1 is 1.38 bits per heavy atom. The number of hydrogen-bond donors (Lipinski definition) is 0. The van der Waals surface area contributed by atoms with Gasteiger partial charge in [-0.05, 0) is 38.5 Å². The second kappa shape index (κ2) is 7.22. The van der Waals surface area contributed by atoms with E-state index in [1.807, 2.05) is 13.8 Å². The van der Waals surface area contributed by atoms with Crippen molar-refractivity contribution in [2.24, 2.45) is 0 Å². The smallest absolute Gasteiger partial charge is 0.324 e. The maximum Gasteiger partial charge on any atom is 0.324 e. The Bertz CT molecular complexity index is 517. The zero-order chi connectivity index (χ0) is 16.2. The number of carbonyl (C=O) groups is 1. The van der Waals surface area contributed by atoms with Crippen LogP contribution in [0.25, 0.3) is 0 Å². The molecule has 1 atom stereocenters. The quantitative estimate of drug-likeness (QED) is 0.571. The van der Waals surface area contributed by atoms with Crippen molar-refractivity contribution in [3.8, 4) is 5.75 Å². The molecule has 0 aliphatic heterocycles. The molecule has 21 heavy (non-hydrogen) atoms. The summed E-state index contributed by atoms with van der Waals surface area (Å²) < 4.78 is 29.6. The van der Waals surface area contributed by atoms with Crippen LogP contribution in [0.3, 0.4) is 0 Å². The molecular formula is C15H20BrFO4. The predicted molar refractivity (Wildman–Crippen MR) is 81.3 cm³/mol. The summed E-state index contributed by atoms with van der Waals surface area (Å²) in [5.74, 6) is -1.04. The Morgan fingerprint density at radius 2 is 2.00 bits per heavy atom. The predicted octanol–water partition coefficient (Wildman–Crippen LogP) is 3.71. The zero-order valence-corrected chi connectivity index (χ0v) is 14.4. The summed E-state index contributed by atoms with van der Waals surface area (Å²) in [5, 5.41) is 0. The summed E-state index contributed by atoms with van der Waals surface area (Å²) >= 11 is 3.24. The standard InChI is InChI=1S/C15H20BrFO4/c1-6-21-14(18)12(16)10-7-9(15(2,3)20-5)8-11(17)13(10)19-4/h7-8,12H,6H2,1-5H3. The molecule has 0 amide bonds. The number of hydrogen-bond acceptors (Lipinski definition) is 4. The SMILES string of the molecule is CCOC(=O)C(Br)c1cc(C(C)(C)OC)cc(F)c1OC. The second-order valence-electron chi connectivity index (χ2n) is 4.91. The van der Waals surface area contributed by atoms with Crippen molar-refractivity contribution in [2.75, 3.05) is 20.8 Å². The molecule has 0 aliphatic carbocycles. The van der Waals surface area contributed by atoms with Crippen molar-refractivity contribution >= 4 is 21.9 Å². The van der Waals surface area contributed by atoms with E-state index in [1.165, 1.54) is 13.2 Å². The van der Waals surface area contributed by atoms with Crippen LogP contribution in [0.1, 0.15) is 36.7 Å². The first-order valence-electron chi connectivity index (χ1n) is 6.52. The Hall–Kier alpha value is -1.14. The normalized spacial score (nSPS) is 12.9.